The van der Waals surface area contributed by atoms with Crippen LogP contribution in [0.4, 0.5) is 0 Å². The van der Waals surface area contributed by atoms with Crippen molar-refractivity contribution < 1.29 is 4.74 Å². The molecule has 0 aliphatic carbocycles. The molecule has 0 spiro atoms. The smallest absolute Gasteiger partial charge is 0.120 e. The van der Waals surface area contributed by atoms with Gasteiger partial charge in [0.1, 0.15) is 6.23 Å². The first-order valence-electron chi connectivity index (χ1n) is 3.79. The Morgan fingerprint density at radius 2 is 2.50 bits per heavy atom. The second-order valence-electron chi connectivity index (χ2n) is 2.61. The lowest BCUT2D eigenvalue weighted by Crippen LogP contribution is -2.40. The molecule has 1 saturated heterocycles. The summed E-state index contributed by atoms with van der Waals surface area (Å²) in [6.45, 7) is 3.88. The zero-order valence-corrected chi connectivity index (χ0v) is 6.63. The number of nitrogens with one attached hydrogen (secondary N) is 1. The summed E-state index contributed by atoms with van der Waals surface area (Å²) in [5.41, 5.74) is 0. The van der Waals surface area contributed by atoms with Crippen LogP contribution in [0.5, 0.6) is 0 Å². The minimum atomic E-state index is 0.104. The molecule has 1 heterocycles. The first-order chi connectivity index (χ1) is 4.83. The van der Waals surface area contributed by atoms with Crippen molar-refractivity contribution in [2.24, 2.45) is 0 Å². The molecule has 1 radical (unpaired) electrons. The standard InChI is InChI=1S/C7H15N2O/c1-6-9-4-3-7(10-6)5-8-2/h6-8H,3-5H2,1-2H3. The van der Waals surface area contributed by atoms with Gasteiger partial charge in [-0.15, -0.1) is 0 Å². The topological polar surface area (TPSA) is 35.4 Å². The van der Waals surface area contributed by atoms with Crippen LogP contribution in [0.2, 0.25) is 0 Å². The summed E-state index contributed by atoms with van der Waals surface area (Å²) in [6.07, 6.45) is 1.54. The highest BCUT2D eigenvalue weighted by Crippen LogP contribution is 2.06. The molecule has 1 fully saturated rings. The van der Waals surface area contributed by atoms with E-state index in [1.54, 1.807) is 0 Å². The maximum Gasteiger partial charge on any atom is 0.120 e. The molecule has 3 heteroatoms. The van der Waals surface area contributed by atoms with Crippen molar-refractivity contribution in [2.75, 3.05) is 20.1 Å². The molecule has 3 nitrogen and oxygen atoms in total. The highest BCUT2D eigenvalue weighted by molar-refractivity contribution is 4.68. The Hall–Kier alpha value is -0.120. The van der Waals surface area contributed by atoms with Crippen LogP contribution in [0.3, 0.4) is 0 Å². The van der Waals surface area contributed by atoms with Gasteiger partial charge in [0.25, 0.3) is 0 Å². The van der Waals surface area contributed by atoms with E-state index >= 15 is 0 Å². The third kappa shape index (κ3) is 2.25. The zero-order chi connectivity index (χ0) is 7.40. The van der Waals surface area contributed by atoms with Gasteiger partial charge in [0.2, 0.25) is 0 Å². The van der Waals surface area contributed by atoms with Crippen molar-refractivity contribution in [3.63, 3.8) is 0 Å². The van der Waals surface area contributed by atoms with Gasteiger partial charge in [0.05, 0.1) is 6.10 Å². The Morgan fingerprint density at radius 1 is 1.70 bits per heavy atom. The molecule has 10 heavy (non-hydrogen) atoms. The lowest BCUT2D eigenvalue weighted by Gasteiger charge is -2.27. The lowest BCUT2D eigenvalue weighted by molar-refractivity contribution is -0.0511. The van der Waals surface area contributed by atoms with Crippen molar-refractivity contribution in [3.8, 4) is 0 Å². The molecule has 1 rings (SSSR count). The highest BCUT2D eigenvalue weighted by atomic mass is 16.5. The van der Waals surface area contributed by atoms with Gasteiger partial charge in [-0.3, -0.25) is 0 Å². The van der Waals surface area contributed by atoms with E-state index in [4.69, 9.17) is 4.74 Å². The van der Waals surface area contributed by atoms with Crippen LogP contribution in [0.15, 0.2) is 0 Å². The Kier molecular flexibility index (Phi) is 3.12. The minimum Gasteiger partial charge on any atom is -0.358 e. The number of hydrogen-bond acceptors (Lipinski definition) is 2. The number of hydrogen-bond donors (Lipinski definition) is 1. The predicted molar refractivity (Wildman–Crippen MR) is 39.9 cm³/mol. The number of likely N-dealkylation sites (N-methyl/N-ethyl adjacent to an activating group) is 1. The van der Waals surface area contributed by atoms with Crippen LogP contribution in [0.25, 0.3) is 0 Å². The molecule has 2 unspecified atom stereocenters. The van der Waals surface area contributed by atoms with E-state index in [0.717, 1.165) is 19.5 Å². The average Bonchev–Trinajstić information content (AvgIpc) is 1.88. The second-order valence-corrected chi connectivity index (χ2v) is 2.61. The maximum absolute atomic E-state index is 5.50. The van der Waals surface area contributed by atoms with Gasteiger partial charge < -0.3 is 10.1 Å². The monoisotopic (exact) mass is 143 g/mol. The number of rotatable bonds is 2. The average molecular weight is 143 g/mol. The maximum atomic E-state index is 5.50. The quantitative estimate of drug-likeness (QED) is 0.588. The normalized spacial score (nSPS) is 34.2. The van der Waals surface area contributed by atoms with Gasteiger partial charge >= 0.3 is 0 Å². The highest BCUT2D eigenvalue weighted by Gasteiger charge is 2.17. The van der Waals surface area contributed by atoms with E-state index in [2.05, 4.69) is 10.6 Å². The van der Waals surface area contributed by atoms with Crippen molar-refractivity contribution in [1.29, 1.82) is 0 Å². The van der Waals surface area contributed by atoms with Crippen LogP contribution in [-0.2, 0) is 4.74 Å². The van der Waals surface area contributed by atoms with Gasteiger partial charge in [-0.25, -0.2) is 5.32 Å². The Bertz CT molecular complexity index is 95.6. The summed E-state index contributed by atoms with van der Waals surface area (Å²) < 4.78 is 5.50. The first-order valence-corrected chi connectivity index (χ1v) is 3.79. The molecule has 0 amide bonds. The van der Waals surface area contributed by atoms with E-state index < -0.39 is 0 Å². The SMILES string of the molecule is CNCC1CC[N]C(C)O1. The van der Waals surface area contributed by atoms with Gasteiger partial charge in [-0.05, 0) is 20.4 Å². The van der Waals surface area contributed by atoms with Crippen molar-refractivity contribution in [2.45, 2.75) is 25.7 Å². The summed E-state index contributed by atoms with van der Waals surface area (Å²) in [5, 5.41) is 7.30. The summed E-state index contributed by atoms with van der Waals surface area (Å²) in [4.78, 5) is 0. The molecule has 0 aromatic rings. The summed E-state index contributed by atoms with van der Waals surface area (Å²) in [5.74, 6) is 0. The summed E-state index contributed by atoms with van der Waals surface area (Å²) in [7, 11) is 1.94. The first kappa shape index (κ1) is 7.98. The van der Waals surface area contributed by atoms with Crippen molar-refractivity contribution in [1.82, 2.24) is 10.6 Å². The van der Waals surface area contributed by atoms with Gasteiger partial charge in [-0.1, -0.05) is 0 Å². The molecule has 59 valence electrons. The molecule has 0 aromatic carbocycles. The fourth-order valence-corrected chi connectivity index (χ4v) is 1.17. The van der Waals surface area contributed by atoms with Crippen LogP contribution in [0, 0.1) is 0 Å². The van der Waals surface area contributed by atoms with Crippen molar-refractivity contribution >= 4 is 0 Å². The molecule has 1 N–H and O–H groups in total. The third-order valence-electron chi connectivity index (χ3n) is 1.66. The third-order valence-corrected chi connectivity index (χ3v) is 1.66. The fraction of sp³-hybridized carbons (Fsp3) is 1.00. The van der Waals surface area contributed by atoms with Gasteiger partial charge in [-0.2, -0.15) is 0 Å². The predicted octanol–water partition coefficient (Wildman–Crippen LogP) is -0.0549. The van der Waals surface area contributed by atoms with E-state index in [1.807, 2.05) is 14.0 Å². The van der Waals surface area contributed by atoms with E-state index in [1.165, 1.54) is 0 Å². The molecule has 0 bridgehead atoms. The van der Waals surface area contributed by atoms with Crippen molar-refractivity contribution in [3.05, 3.63) is 0 Å². The van der Waals surface area contributed by atoms with Gasteiger partial charge in [0.15, 0.2) is 0 Å². The molecular formula is C7H15N2O. The number of nitrogens with zero attached hydrogens (tertiary/aromatic N) is 1. The van der Waals surface area contributed by atoms with E-state index in [-0.39, 0.29) is 6.23 Å². The van der Waals surface area contributed by atoms with E-state index in [9.17, 15) is 0 Å². The second kappa shape index (κ2) is 3.91. The molecule has 1 aliphatic rings. The Balaban J connectivity index is 2.18. The Morgan fingerprint density at radius 3 is 3.10 bits per heavy atom. The Labute approximate surface area is 62.1 Å². The van der Waals surface area contributed by atoms with Crippen LogP contribution < -0.4 is 10.6 Å². The molecule has 0 saturated carbocycles. The molecular weight excluding hydrogens is 128 g/mol. The largest absolute Gasteiger partial charge is 0.358 e. The van der Waals surface area contributed by atoms with E-state index in [0.29, 0.717) is 6.10 Å². The van der Waals surface area contributed by atoms with Crippen LogP contribution in [0.1, 0.15) is 13.3 Å². The minimum absolute atomic E-state index is 0.104. The molecule has 2 atom stereocenters. The molecule has 0 aromatic heterocycles. The van der Waals surface area contributed by atoms with Crippen LogP contribution >= 0.6 is 0 Å². The summed E-state index contributed by atoms with van der Waals surface area (Å²) >= 11 is 0. The van der Waals surface area contributed by atoms with Crippen LogP contribution in [-0.4, -0.2) is 32.5 Å². The summed E-state index contributed by atoms with van der Waals surface area (Å²) in [6, 6.07) is 0. The lowest BCUT2D eigenvalue weighted by atomic mass is 10.2. The molecule has 1 aliphatic heterocycles. The zero-order valence-electron chi connectivity index (χ0n) is 6.63. The fourth-order valence-electron chi connectivity index (χ4n) is 1.17. The number of ether oxygens (including phenoxy) is 1. The van der Waals surface area contributed by atoms with Gasteiger partial charge in [0, 0.05) is 13.1 Å².